The van der Waals surface area contributed by atoms with E-state index in [2.05, 4.69) is 10.4 Å². The molecule has 4 rings (SSSR count). The van der Waals surface area contributed by atoms with Crippen LogP contribution in [0.2, 0.25) is 0 Å². The van der Waals surface area contributed by atoms with Gasteiger partial charge in [0.25, 0.3) is 5.91 Å². The van der Waals surface area contributed by atoms with Gasteiger partial charge >= 0.3 is 0 Å². The van der Waals surface area contributed by atoms with Gasteiger partial charge in [-0.1, -0.05) is 24.6 Å². The van der Waals surface area contributed by atoms with Gasteiger partial charge in [0.2, 0.25) is 0 Å². The van der Waals surface area contributed by atoms with Crippen LogP contribution in [0.15, 0.2) is 24.3 Å². The van der Waals surface area contributed by atoms with Gasteiger partial charge in [0.15, 0.2) is 5.69 Å². The van der Waals surface area contributed by atoms with Gasteiger partial charge in [-0.3, -0.25) is 9.48 Å². The molecule has 23 heavy (non-hydrogen) atoms. The quantitative estimate of drug-likeness (QED) is 0.923. The maximum absolute atomic E-state index is 13.2. The highest BCUT2D eigenvalue weighted by Crippen LogP contribution is 2.32. The third-order valence-corrected chi connectivity index (χ3v) is 4.42. The van der Waals surface area contributed by atoms with E-state index in [4.69, 9.17) is 13.7 Å². The maximum atomic E-state index is 13.2. The van der Waals surface area contributed by atoms with Gasteiger partial charge in [0.05, 0.1) is 5.52 Å². The fourth-order valence-corrected chi connectivity index (χ4v) is 3.28. The highest BCUT2D eigenvalue weighted by molar-refractivity contribution is 6.04. The zero-order chi connectivity index (χ0) is 24.6. The van der Waals surface area contributed by atoms with Crippen molar-refractivity contribution in [3.8, 4) is 0 Å². The summed E-state index contributed by atoms with van der Waals surface area (Å²) in [5.41, 5.74) is -0.0838. The van der Waals surface area contributed by atoms with Crippen molar-refractivity contribution in [3.63, 3.8) is 0 Å². The SMILES string of the molecule is [2H]C1([2H])C2CCCC(N2C([2H])([2H])[2H])C([2H])([2H])C1NC(=O)c1nn(C([2H])([2H])[2H])c2ccccc12. The summed E-state index contributed by atoms with van der Waals surface area (Å²) in [5.74, 6) is -0.924. The third kappa shape index (κ3) is 2.53. The summed E-state index contributed by atoms with van der Waals surface area (Å²) in [4.78, 5) is 14.2. The zero-order valence-electron chi connectivity index (χ0n) is 22.4. The van der Waals surface area contributed by atoms with Crippen molar-refractivity contribution in [2.75, 3.05) is 6.98 Å². The van der Waals surface area contributed by atoms with Crippen LogP contribution in [0.5, 0.6) is 0 Å². The number of aromatic nitrogens is 2. The Labute approximate surface area is 150 Å². The number of nitrogens with zero attached hydrogens (tertiary/aromatic N) is 3. The Hall–Kier alpha value is -1.88. The number of para-hydroxylation sites is 1. The van der Waals surface area contributed by atoms with Crippen molar-refractivity contribution in [2.24, 2.45) is 6.98 Å². The lowest BCUT2D eigenvalue weighted by atomic mass is 9.82. The van der Waals surface area contributed by atoms with E-state index in [9.17, 15) is 4.79 Å². The first-order valence-corrected chi connectivity index (χ1v) is 7.65. The van der Waals surface area contributed by atoms with Crippen LogP contribution in [-0.2, 0) is 6.98 Å². The second-order valence-corrected chi connectivity index (χ2v) is 5.89. The van der Waals surface area contributed by atoms with Crippen LogP contribution in [0.3, 0.4) is 0 Å². The number of aryl methyl sites for hydroxylation is 1. The Morgan fingerprint density at radius 1 is 1.30 bits per heavy atom. The van der Waals surface area contributed by atoms with E-state index in [1.165, 1.54) is 12.1 Å². The van der Waals surface area contributed by atoms with E-state index in [1.54, 1.807) is 12.1 Å². The van der Waals surface area contributed by atoms with E-state index < -0.39 is 50.7 Å². The molecule has 2 aliphatic heterocycles. The number of hydrogen-bond acceptors (Lipinski definition) is 3. The average molecular weight is 322 g/mol. The van der Waals surface area contributed by atoms with E-state index >= 15 is 0 Å². The summed E-state index contributed by atoms with van der Waals surface area (Å²) in [6, 6.07) is 2.30. The molecule has 0 saturated carbocycles. The molecule has 5 nitrogen and oxygen atoms in total. The summed E-state index contributed by atoms with van der Waals surface area (Å²) in [6.45, 7) is -5.36. The molecule has 2 bridgehead atoms. The van der Waals surface area contributed by atoms with Crippen molar-refractivity contribution >= 4 is 16.8 Å². The fraction of sp³-hybridized carbons (Fsp3) is 0.556. The number of hydrogen-bond donors (Lipinski definition) is 1. The highest BCUT2D eigenvalue weighted by atomic mass is 16.2. The molecule has 5 heteroatoms. The molecule has 2 fully saturated rings. The van der Waals surface area contributed by atoms with Crippen LogP contribution in [0.4, 0.5) is 0 Å². The number of rotatable bonds is 2. The number of nitrogens with one attached hydrogen (secondary N) is 1. The van der Waals surface area contributed by atoms with Gasteiger partial charge in [0.1, 0.15) is 0 Å². The van der Waals surface area contributed by atoms with Crippen LogP contribution >= 0.6 is 0 Å². The largest absolute Gasteiger partial charge is 0.348 e. The zero-order valence-corrected chi connectivity index (χ0v) is 12.4. The second kappa shape index (κ2) is 5.64. The molecule has 2 atom stereocenters. The molecule has 122 valence electrons. The molecule has 2 unspecified atom stereocenters. The Balaban J connectivity index is 1.75. The van der Waals surface area contributed by atoms with Crippen LogP contribution < -0.4 is 5.32 Å². The predicted molar refractivity (Wildman–Crippen MR) is 90.4 cm³/mol. The van der Waals surface area contributed by atoms with Gasteiger partial charge < -0.3 is 10.2 Å². The molecule has 0 spiro atoms. The standard InChI is InChI=1S/C18H24N4O/c1-21-13-6-5-7-14(21)11-12(10-13)19-18(23)17-15-8-3-4-9-16(15)22(2)20-17/h3-4,8-9,12-14H,5-7,10-11H2,1-2H3,(H,19,23)/i1D3,2D3,10D2,11D2. The predicted octanol–water partition coefficient (Wildman–Crippen LogP) is 2.32. The number of carbonyl (C=O) groups excluding carboxylic acids is 1. The smallest absolute Gasteiger partial charge is 0.272 e. The summed E-state index contributed by atoms with van der Waals surface area (Å²) >= 11 is 0. The Kier molecular flexibility index (Phi) is 1.80. The van der Waals surface area contributed by atoms with Crippen molar-refractivity contribution < 1.29 is 18.5 Å². The molecule has 1 amide bonds. The first-order chi connectivity index (χ1) is 15.1. The lowest BCUT2D eigenvalue weighted by molar-refractivity contribution is 0.0462. The number of amides is 1. The third-order valence-electron chi connectivity index (χ3n) is 4.42. The molecular weight excluding hydrogens is 288 g/mol. The lowest BCUT2D eigenvalue weighted by Gasteiger charge is -2.47. The molecule has 1 aromatic carbocycles. The fourth-order valence-electron chi connectivity index (χ4n) is 3.28. The normalized spacial score (nSPS) is 39.9. The molecule has 3 heterocycles. The summed E-state index contributed by atoms with van der Waals surface area (Å²) in [6.07, 6.45) is -3.93. The van der Waals surface area contributed by atoms with Gasteiger partial charge in [-0.2, -0.15) is 5.10 Å². The van der Waals surface area contributed by atoms with Crippen molar-refractivity contribution in [1.29, 1.82) is 0 Å². The monoisotopic (exact) mass is 322 g/mol. The molecule has 2 saturated heterocycles. The van der Waals surface area contributed by atoms with E-state index in [-0.39, 0.29) is 29.4 Å². The minimum absolute atomic E-state index is 0.183. The Morgan fingerprint density at radius 3 is 2.83 bits per heavy atom. The number of fused-ring (bicyclic) bond motifs is 3. The van der Waals surface area contributed by atoms with E-state index in [0.717, 1.165) is 9.58 Å². The number of piperidine rings is 2. The second-order valence-electron chi connectivity index (χ2n) is 5.89. The van der Waals surface area contributed by atoms with E-state index in [0.29, 0.717) is 6.42 Å². The van der Waals surface area contributed by atoms with Gasteiger partial charge in [-0.25, -0.2) is 0 Å². The van der Waals surface area contributed by atoms with Crippen LogP contribution in [0, 0.1) is 0 Å². The number of carbonyl (C=O) groups is 1. The Morgan fingerprint density at radius 2 is 2.09 bits per heavy atom. The van der Waals surface area contributed by atoms with E-state index in [1.807, 2.05) is 0 Å². The molecular formula is C18H24N4O. The summed E-state index contributed by atoms with van der Waals surface area (Å²) in [7, 11) is 0. The van der Waals surface area contributed by atoms with Crippen molar-refractivity contribution in [2.45, 2.75) is 50.1 Å². The Bertz CT molecular complexity index is 1050. The van der Waals surface area contributed by atoms with Crippen molar-refractivity contribution in [1.82, 2.24) is 20.0 Å². The molecule has 0 radical (unpaired) electrons. The minimum Gasteiger partial charge on any atom is -0.348 e. The lowest BCUT2D eigenvalue weighted by Crippen LogP contribution is -2.55. The van der Waals surface area contributed by atoms with Crippen LogP contribution in [-0.4, -0.2) is 45.7 Å². The van der Waals surface area contributed by atoms with Gasteiger partial charge in [-0.05, 0) is 38.6 Å². The number of benzene rings is 1. The van der Waals surface area contributed by atoms with Gasteiger partial charge in [0, 0.05) is 44.2 Å². The van der Waals surface area contributed by atoms with Gasteiger partial charge in [-0.15, -0.1) is 0 Å². The molecule has 2 aliphatic rings. The van der Waals surface area contributed by atoms with Crippen LogP contribution in [0.1, 0.15) is 56.2 Å². The highest BCUT2D eigenvalue weighted by Gasteiger charge is 2.36. The maximum Gasteiger partial charge on any atom is 0.272 e. The summed E-state index contributed by atoms with van der Waals surface area (Å²) in [5, 5.41) is 6.59. The topological polar surface area (TPSA) is 50.2 Å². The minimum atomic E-state index is -2.69. The molecule has 1 N–H and O–H groups in total. The molecule has 0 aliphatic carbocycles. The average Bonchev–Trinajstić information content (AvgIpc) is 3.10. The first-order valence-electron chi connectivity index (χ1n) is 12.7. The summed E-state index contributed by atoms with van der Waals surface area (Å²) < 4.78 is 81.9. The molecule has 2 aromatic rings. The van der Waals surface area contributed by atoms with Crippen molar-refractivity contribution in [3.05, 3.63) is 30.0 Å². The molecule has 1 aromatic heterocycles. The first kappa shape index (κ1) is 7.34. The van der Waals surface area contributed by atoms with Crippen LogP contribution in [0.25, 0.3) is 10.9 Å².